The molecule has 0 amide bonds. The Bertz CT molecular complexity index is 537. The number of fused-ring (bicyclic) bond motifs is 1. The topological polar surface area (TPSA) is 56.7 Å². The van der Waals surface area contributed by atoms with Crippen LogP contribution in [0.5, 0.6) is 0 Å². The van der Waals surface area contributed by atoms with Gasteiger partial charge < -0.3 is 5.73 Å². The van der Waals surface area contributed by atoms with Crippen molar-refractivity contribution in [2.45, 2.75) is 32.7 Å². The highest BCUT2D eigenvalue weighted by Gasteiger charge is 2.29. The van der Waals surface area contributed by atoms with Crippen molar-refractivity contribution >= 4 is 17.1 Å². The molecule has 1 aliphatic carbocycles. The molecule has 16 heavy (non-hydrogen) atoms. The van der Waals surface area contributed by atoms with Crippen LogP contribution in [0.15, 0.2) is 12.1 Å². The van der Waals surface area contributed by atoms with Crippen molar-refractivity contribution in [3.05, 3.63) is 17.8 Å². The van der Waals surface area contributed by atoms with E-state index >= 15 is 0 Å². The number of pyridine rings is 1. The molecular formula is C12H16N4. The highest BCUT2D eigenvalue weighted by molar-refractivity contribution is 5.74. The van der Waals surface area contributed by atoms with Crippen LogP contribution >= 0.6 is 0 Å². The van der Waals surface area contributed by atoms with Crippen molar-refractivity contribution < 1.29 is 0 Å². The first-order valence-corrected chi connectivity index (χ1v) is 5.76. The number of nitrogens with two attached hydrogens (primary N) is 1. The Hall–Kier alpha value is -1.58. The van der Waals surface area contributed by atoms with Gasteiger partial charge in [-0.25, -0.2) is 9.97 Å². The van der Waals surface area contributed by atoms with Gasteiger partial charge in [-0.05, 0) is 37.8 Å². The number of rotatable bonds is 1. The van der Waals surface area contributed by atoms with E-state index in [1.165, 1.54) is 12.8 Å². The van der Waals surface area contributed by atoms with Gasteiger partial charge in [0.2, 0.25) is 5.95 Å². The average Bonchev–Trinajstić information content (AvgIpc) is 2.49. The summed E-state index contributed by atoms with van der Waals surface area (Å²) in [5.41, 5.74) is 8.83. The van der Waals surface area contributed by atoms with E-state index in [1.807, 2.05) is 19.1 Å². The summed E-state index contributed by atoms with van der Waals surface area (Å²) in [5, 5.41) is 0. The van der Waals surface area contributed by atoms with Crippen LogP contribution in [0.4, 0.5) is 5.95 Å². The lowest BCUT2D eigenvalue weighted by Gasteiger charge is -2.34. The Labute approximate surface area is 94.5 Å². The van der Waals surface area contributed by atoms with Crippen LogP contribution in [0.25, 0.3) is 11.2 Å². The van der Waals surface area contributed by atoms with E-state index in [9.17, 15) is 0 Å². The lowest BCUT2D eigenvalue weighted by Crippen LogP contribution is -2.25. The molecule has 84 valence electrons. The van der Waals surface area contributed by atoms with Gasteiger partial charge in [-0.15, -0.1) is 0 Å². The molecule has 1 fully saturated rings. The van der Waals surface area contributed by atoms with Crippen molar-refractivity contribution in [1.29, 1.82) is 0 Å². The van der Waals surface area contributed by atoms with Crippen LogP contribution in [0.1, 0.15) is 31.5 Å². The molecule has 2 N–H and O–H groups in total. The first-order valence-electron chi connectivity index (χ1n) is 5.76. The quantitative estimate of drug-likeness (QED) is 0.795. The number of hydrogen-bond acceptors (Lipinski definition) is 3. The molecule has 2 heterocycles. The summed E-state index contributed by atoms with van der Waals surface area (Å²) in [6.07, 6.45) is 2.37. The number of nitrogens with zero attached hydrogens (tertiary/aromatic N) is 3. The van der Waals surface area contributed by atoms with Gasteiger partial charge in [0.15, 0.2) is 5.65 Å². The van der Waals surface area contributed by atoms with E-state index in [1.54, 1.807) is 0 Å². The molecule has 2 aromatic heterocycles. The molecule has 0 spiro atoms. The molecule has 0 unspecified atom stereocenters. The first-order chi connectivity index (χ1) is 7.65. The first kappa shape index (κ1) is 9.63. The summed E-state index contributed by atoms with van der Waals surface area (Å²) in [4.78, 5) is 8.91. The molecule has 4 nitrogen and oxygen atoms in total. The van der Waals surface area contributed by atoms with Crippen LogP contribution in [0.3, 0.4) is 0 Å². The number of hydrogen-bond donors (Lipinski definition) is 1. The standard InChI is InChI=1S/C12H16N4/c1-7-5-9(6-7)16-11-10(15-12(16)13)4-3-8(2)14-11/h3-4,7,9H,5-6H2,1-2H3,(H2,13,15). The summed E-state index contributed by atoms with van der Waals surface area (Å²) >= 11 is 0. The zero-order valence-electron chi connectivity index (χ0n) is 9.64. The maximum atomic E-state index is 5.97. The maximum absolute atomic E-state index is 5.97. The normalized spacial score (nSPS) is 24.6. The van der Waals surface area contributed by atoms with E-state index < -0.39 is 0 Å². The number of aryl methyl sites for hydroxylation is 1. The number of nitrogen functional groups attached to an aromatic ring is 1. The number of imidazole rings is 1. The van der Waals surface area contributed by atoms with E-state index in [0.717, 1.165) is 22.8 Å². The Morgan fingerprint density at radius 2 is 2.06 bits per heavy atom. The van der Waals surface area contributed by atoms with Crippen molar-refractivity contribution in [3.63, 3.8) is 0 Å². The van der Waals surface area contributed by atoms with Crippen LogP contribution in [-0.4, -0.2) is 14.5 Å². The highest BCUT2D eigenvalue weighted by atomic mass is 15.2. The molecule has 3 rings (SSSR count). The second kappa shape index (κ2) is 3.20. The fourth-order valence-electron chi connectivity index (χ4n) is 2.52. The second-order valence-electron chi connectivity index (χ2n) is 4.87. The van der Waals surface area contributed by atoms with Crippen molar-refractivity contribution in [2.24, 2.45) is 5.92 Å². The highest BCUT2D eigenvalue weighted by Crippen LogP contribution is 2.40. The second-order valence-corrected chi connectivity index (χ2v) is 4.87. The summed E-state index contributed by atoms with van der Waals surface area (Å²) in [6, 6.07) is 4.46. The summed E-state index contributed by atoms with van der Waals surface area (Å²) in [6.45, 7) is 4.26. The molecule has 0 radical (unpaired) electrons. The van der Waals surface area contributed by atoms with E-state index in [4.69, 9.17) is 5.73 Å². The minimum Gasteiger partial charge on any atom is -0.369 e. The monoisotopic (exact) mass is 216 g/mol. The van der Waals surface area contributed by atoms with Gasteiger partial charge >= 0.3 is 0 Å². The fraction of sp³-hybridized carbons (Fsp3) is 0.500. The van der Waals surface area contributed by atoms with Crippen LogP contribution < -0.4 is 5.73 Å². The van der Waals surface area contributed by atoms with Crippen LogP contribution in [-0.2, 0) is 0 Å². The fourth-order valence-corrected chi connectivity index (χ4v) is 2.52. The van der Waals surface area contributed by atoms with Gasteiger partial charge in [0, 0.05) is 11.7 Å². The predicted molar refractivity (Wildman–Crippen MR) is 64.1 cm³/mol. The molecule has 1 saturated carbocycles. The largest absolute Gasteiger partial charge is 0.369 e. The van der Waals surface area contributed by atoms with E-state index in [2.05, 4.69) is 21.5 Å². The molecule has 0 atom stereocenters. The Balaban J connectivity index is 2.15. The van der Waals surface area contributed by atoms with Gasteiger partial charge in [0.1, 0.15) is 5.52 Å². The molecular weight excluding hydrogens is 200 g/mol. The summed E-state index contributed by atoms with van der Waals surface area (Å²) < 4.78 is 2.10. The zero-order valence-corrected chi connectivity index (χ0v) is 9.64. The third-order valence-electron chi connectivity index (χ3n) is 3.42. The molecule has 0 bridgehead atoms. The molecule has 0 aromatic carbocycles. The van der Waals surface area contributed by atoms with Gasteiger partial charge in [-0.2, -0.15) is 0 Å². The van der Waals surface area contributed by atoms with Gasteiger partial charge in [-0.3, -0.25) is 4.57 Å². The van der Waals surface area contributed by atoms with Gasteiger partial charge in [0.05, 0.1) is 0 Å². The Morgan fingerprint density at radius 3 is 2.75 bits per heavy atom. The lowest BCUT2D eigenvalue weighted by molar-refractivity contribution is 0.222. The number of aromatic nitrogens is 3. The van der Waals surface area contributed by atoms with Gasteiger partial charge in [0.25, 0.3) is 0 Å². The maximum Gasteiger partial charge on any atom is 0.202 e. The lowest BCUT2D eigenvalue weighted by atomic mass is 9.82. The minimum absolute atomic E-state index is 0.495. The zero-order chi connectivity index (χ0) is 11.3. The number of anilines is 1. The summed E-state index contributed by atoms with van der Waals surface area (Å²) in [5.74, 6) is 1.40. The van der Waals surface area contributed by atoms with Gasteiger partial charge in [-0.1, -0.05) is 6.92 Å². The average molecular weight is 216 g/mol. The Morgan fingerprint density at radius 1 is 1.31 bits per heavy atom. The molecule has 0 aliphatic heterocycles. The minimum atomic E-state index is 0.495. The summed E-state index contributed by atoms with van der Waals surface area (Å²) in [7, 11) is 0. The van der Waals surface area contributed by atoms with Crippen molar-refractivity contribution in [2.75, 3.05) is 5.73 Å². The molecule has 0 saturated heterocycles. The third kappa shape index (κ3) is 1.29. The Kier molecular flexibility index (Phi) is 1.93. The smallest absolute Gasteiger partial charge is 0.202 e. The molecule has 4 heteroatoms. The van der Waals surface area contributed by atoms with E-state index in [0.29, 0.717) is 12.0 Å². The predicted octanol–water partition coefficient (Wildman–Crippen LogP) is 2.29. The van der Waals surface area contributed by atoms with Crippen molar-refractivity contribution in [3.8, 4) is 0 Å². The van der Waals surface area contributed by atoms with Crippen LogP contribution in [0.2, 0.25) is 0 Å². The SMILES string of the molecule is Cc1ccc2nc(N)n(C3CC(C)C3)c2n1. The molecule has 1 aliphatic rings. The third-order valence-corrected chi connectivity index (χ3v) is 3.42. The molecule has 2 aromatic rings. The van der Waals surface area contributed by atoms with Crippen molar-refractivity contribution in [1.82, 2.24) is 14.5 Å². The van der Waals surface area contributed by atoms with Crippen LogP contribution in [0, 0.1) is 12.8 Å². The van der Waals surface area contributed by atoms with E-state index in [-0.39, 0.29) is 0 Å².